The summed E-state index contributed by atoms with van der Waals surface area (Å²) < 4.78 is 11.2. The lowest BCUT2D eigenvalue weighted by molar-refractivity contribution is -0.134. The van der Waals surface area contributed by atoms with Gasteiger partial charge in [-0.2, -0.15) is 0 Å². The molecule has 0 unspecified atom stereocenters. The Bertz CT molecular complexity index is 798. The number of hydrogen-bond donors (Lipinski definition) is 0. The summed E-state index contributed by atoms with van der Waals surface area (Å²) in [6.45, 7) is 7.71. The highest BCUT2D eigenvalue weighted by molar-refractivity contribution is 5.78. The maximum Gasteiger partial charge on any atom is 0.260 e. The molecule has 2 aromatic carbocycles. The van der Waals surface area contributed by atoms with Crippen molar-refractivity contribution in [3.8, 4) is 11.5 Å². The van der Waals surface area contributed by atoms with Crippen LogP contribution in [0, 0.1) is 6.92 Å². The summed E-state index contributed by atoms with van der Waals surface area (Å²) in [5, 5.41) is 0. The van der Waals surface area contributed by atoms with E-state index in [0.29, 0.717) is 12.5 Å². The first-order chi connectivity index (χ1) is 12.5. The van der Waals surface area contributed by atoms with E-state index >= 15 is 0 Å². The fraction of sp³-hybridized carbons (Fsp3) is 0.409. The van der Waals surface area contributed by atoms with Gasteiger partial charge in [0, 0.05) is 13.1 Å². The van der Waals surface area contributed by atoms with Crippen LogP contribution in [0.3, 0.4) is 0 Å². The zero-order chi connectivity index (χ0) is 18.7. The molecule has 2 aromatic rings. The van der Waals surface area contributed by atoms with E-state index in [1.165, 1.54) is 5.56 Å². The van der Waals surface area contributed by atoms with Crippen molar-refractivity contribution in [3.05, 3.63) is 58.7 Å². The second-order valence-electron chi connectivity index (χ2n) is 7.18. The molecule has 26 heavy (non-hydrogen) atoms. The molecule has 0 aliphatic carbocycles. The van der Waals surface area contributed by atoms with Crippen LogP contribution in [0.4, 0.5) is 0 Å². The van der Waals surface area contributed by atoms with Crippen LogP contribution in [0.15, 0.2) is 36.4 Å². The Hall–Kier alpha value is -2.49. The Morgan fingerprint density at radius 1 is 1.15 bits per heavy atom. The summed E-state index contributed by atoms with van der Waals surface area (Å²) in [6, 6.07) is 12.3. The maximum atomic E-state index is 12.7. The summed E-state index contributed by atoms with van der Waals surface area (Å²) >= 11 is 0. The van der Waals surface area contributed by atoms with Crippen molar-refractivity contribution in [1.82, 2.24) is 4.90 Å². The van der Waals surface area contributed by atoms with Gasteiger partial charge in [0.25, 0.3) is 5.91 Å². The number of ether oxygens (including phenoxy) is 2. The van der Waals surface area contributed by atoms with Crippen LogP contribution in [0.5, 0.6) is 11.5 Å². The minimum absolute atomic E-state index is 0.0229. The molecule has 0 saturated heterocycles. The van der Waals surface area contributed by atoms with Crippen LogP contribution in [0.2, 0.25) is 0 Å². The topological polar surface area (TPSA) is 38.8 Å². The Morgan fingerprint density at radius 3 is 2.69 bits per heavy atom. The zero-order valence-corrected chi connectivity index (χ0v) is 16.0. The van der Waals surface area contributed by atoms with Crippen molar-refractivity contribution in [2.45, 2.75) is 39.7 Å². The molecule has 0 fully saturated rings. The quantitative estimate of drug-likeness (QED) is 0.813. The van der Waals surface area contributed by atoms with E-state index in [1.54, 1.807) is 7.11 Å². The van der Waals surface area contributed by atoms with Crippen LogP contribution < -0.4 is 9.47 Å². The highest BCUT2D eigenvalue weighted by atomic mass is 16.5. The number of amides is 1. The first kappa shape index (κ1) is 18.3. The molecule has 0 bridgehead atoms. The van der Waals surface area contributed by atoms with Crippen molar-refractivity contribution < 1.29 is 14.3 Å². The number of rotatable bonds is 5. The third-order valence-corrected chi connectivity index (χ3v) is 4.92. The molecule has 1 aliphatic rings. The van der Waals surface area contributed by atoms with Gasteiger partial charge >= 0.3 is 0 Å². The van der Waals surface area contributed by atoms with Crippen LogP contribution >= 0.6 is 0 Å². The van der Waals surface area contributed by atoms with E-state index in [0.717, 1.165) is 41.2 Å². The number of benzene rings is 2. The predicted octanol–water partition coefficient (Wildman–Crippen LogP) is 4.09. The number of aryl methyl sites for hydroxylation is 1. The number of methoxy groups -OCH3 is 1. The van der Waals surface area contributed by atoms with Gasteiger partial charge < -0.3 is 14.4 Å². The number of carbonyl (C=O) groups is 1. The monoisotopic (exact) mass is 353 g/mol. The third kappa shape index (κ3) is 4.01. The standard InChI is InChI=1S/C22H27NO3/c1-15(2)20-8-5-16(3)11-21(20)26-14-22(24)23-10-9-17-6-7-19(25-4)12-18(17)13-23/h5-8,11-12,15H,9-10,13-14H2,1-4H3. The van der Waals surface area contributed by atoms with Crippen molar-refractivity contribution >= 4 is 5.91 Å². The van der Waals surface area contributed by atoms with Crippen LogP contribution in [-0.4, -0.2) is 31.1 Å². The molecule has 0 spiro atoms. The van der Waals surface area contributed by atoms with Gasteiger partial charge in [-0.05, 0) is 59.7 Å². The summed E-state index contributed by atoms with van der Waals surface area (Å²) in [7, 11) is 1.66. The van der Waals surface area contributed by atoms with Gasteiger partial charge in [0.1, 0.15) is 11.5 Å². The molecule has 0 aromatic heterocycles. The molecule has 4 nitrogen and oxygen atoms in total. The molecule has 4 heteroatoms. The Labute approximate surface area is 155 Å². The summed E-state index contributed by atoms with van der Waals surface area (Å²) in [5.74, 6) is 2.02. The molecular weight excluding hydrogens is 326 g/mol. The van der Waals surface area contributed by atoms with E-state index < -0.39 is 0 Å². The molecule has 0 radical (unpaired) electrons. The second kappa shape index (κ2) is 7.81. The van der Waals surface area contributed by atoms with Crippen LogP contribution in [0.25, 0.3) is 0 Å². The van der Waals surface area contributed by atoms with E-state index in [9.17, 15) is 4.79 Å². The van der Waals surface area contributed by atoms with Crippen LogP contribution in [-0.2, 0) is 17.8 Å². The maximum absolute atomic E-state index is 12.7. The van der Waals surface area contributed by atoms with E-state index in [1.807, 2.05) is 30.0 Å². The van der Waals surface area contributed by atoms with Gasteiger partial charge in [-0.3, -0.25) is 4.79 Å². The minimum Gasteiger partial charge on any atom is -0.497 e. The first-order valence-corrected chi connectivity index (χ1v) is 9.15. The number of nitrogens with zero attached hydrogens (tertiary/aromatic N) is 1. The van der Waals surface area contributed by atoms with E-state index in [-0.39, 0.29) is 12.5 Å². The molecule has 1 heterocycles. The van der Waals surface area contributed by atoms with E-state index in [2.05, 4.69) is 32.0 Å². The fourth-order valence-electron chi connectivity index (χ4n) is 3.35. The first-order valence-electron chi connectivity index (χ1n) is 9.15. The van der Waals surface area contributed by atoms with Gasteiger partial charge in [0.05, 0.1) is 7.11 Å². The van der Waals surface area contributed by atoms with E-state index in [4.69, 9.17) is 9.47 Å². The Kier molecular flexibility index (Phi) is 5.50. The second-order valence-corrected chi connectivity index (χ2v) is 7.18. The summed E-state index contributed by atoms with van der Waals surface area (Å²) in [4.78, 5) is 14.5. The van der Waals surface area contributed by atoms with Gasteiger partial charge in [-0.1, -0.05) is 32.0 Å². The summed E-state index contributed by atoms with van der Waals surface area (Å²) in [5.41, 5.74) is 4.71. The smallest absolute Gasteiger partial charge is 0.260 e. The van der Waals surface area contributed by atoms with Crippen LogP contribution in [0.1, 0.15) is 42.0 Å². The molecule has 1 aliphatic heterocycles. The molecule has 0 N–H and O–H groups in total. The lowest BCUT2D eigenvalue weighted by Crippen LogP contribution is -2.38. The molecule has 1 amide bonds. The fourth-order valence-corrected chi connectivity index (χ4v) is 3.35. The van der Waals surface area contributed by atoms with Crippen molar-refractivity contribution in [3.63, 3.8) is 0 Å². The van der Waals surface area contributed by atoms with Gasteiger partial charge in [-0.15, -0.1) is 0 Å². The lowest BCUT2D eigenvalue weighted by Gasteiger charge is -2.29. The molecule has 138 valence electrons. The van der Waals surface area contributed by atoms with Gasteiger partial charge in [0.2, 0.25) is 0 Å². The molecule has 0 atom stereocenters. The third-order valence-electron chi connectivity index (χ3n) is 4.92. The number of fused-ring (bicyclic) bond motifs is 1. The molecular formula is C22H27NO3. The summed E-state index contributed by atoms with van der Waals surface area (Å²) in [6.07, 6.45) is 0.868. The molecule has 3 rings (SSSR count). The van der Waals surface area contributed by atoms with Crippen molar-refractivity contribution in [2.75, 3.05) is 20.3 Å². The zero-order valence-electron chi connectivity index (χ0n) is 16.0. The highest BCUT2D eigenvalue weighted by Crippen LogP contribution is 2.28. The Morgan fingerprint density at radius 2 is 1.96 bits per heavy atom. The van der Waals surface area contributed by atoms with Gasteiger partial charge in [0.15, 0.2) is 6.61 Å². The lowest BCUT2D eigenvalue weighted by atomic mass is 9.99. The number of hydrogen-bond acceptors (Lipinski definition) is 3. The van der Waals surface area contributed by atoms with Crippen molar-refractivity contribution in [1.29, 1.82) is 0 Å². The van der Waals surface area contributed by atoms with Crippen molar-refractivity contribution in [2.24, 2.45) is 0 Å². The minimum atomic E-state index is 0.0229. The Balaban J connectivity index is 1.67. The SMILES string of the molecule is COc1ccc2c(c1)CN(C(=O)COc1cc(C)ccc1C(C)C)CC2. The highest BCUT2D eigenvalue weighted by Gasteiger charge is 2.22. The predicted molar refractivity (Wildman–Crippen MR) is 103 cm³/mol. The average molecular weight is 353 g/mol. The largest absolute Gasteiger partial charge is 0.497 e. The average Bonchev–Trinajstić information content (AvgIpc) is 2.64. The van der Waals surface area contributed by atoms with Gasteiger partial charge in [-0.25, -0.2) is 0 Å². The molecule has 0 saturated carbocycles. The number of carbonyl (C=O) groups excluding carboxylic acids is 1. The normalized spacial score (nSPS) is 13.5.